The number of methoxy groups -OCH3 is 1. The van der Waals surface area contributed by atoms with Gasteiger partial charge in [0.15, 0.2) is 0 Å². The van der Waals surface area contributed by atoms with Crippen molar-refractivity contribution in [2.45, 2.75) is 25.8 Å². The minimum atomic E-state index is -3.43. The second-order valence-electron chi connectivity index (χ2n) is 3.80. The number of hydrogen-bond donors (Lipinski definition) is 0. The van der Waals surface area contributed by atoms with Crippen molar-refractivity contribution in [1.29, 1.82) is 0 Å². The fourth-order valence-electron chi connectivity index (χ4n) is 1.87. The number of sulfonamides is 1. The minimum absolute atomic E-state index is 0.0890. The van der Waals surface area contributed by atoms with Gasteiger partial charge in [-0.25, -0.2) is 8.42 Å². The quantitative estimate of drug-likeness (QED) is 0.499. The summed E-state index contributed by atoms with van der Waals surface area (Å²) in [7, 11) is -2.16. The lowest BCUT2D eigenvalue weighted by atomic mass is 10.2. The van der Waals surface area contributed by atoms with Gasteiger partial charge in [0.1, 0.15) is 6.04 Å². The van der Waals surface area contributed by atoms with Crippen LogP contribution >= 0.6 is 0 Å². The SMILES string of the molecule is CCOCCS(=O)(=O)N1CCCC1C(=O)OC. The molecule has 0 aliphatic carbocycles. The van der Waals surface area contributed by atoms with E-state index in [1.54, 1.807) is 6.92 Å². The van der Waals surface area contributed by atoms with E-state index in [-0.39, 0.29) is 12.4 Å². The largest absolute Gasteiger partial charge is 0.468 e. The first kappa shape index (κ1) is 14.4. The third-order valence-electron chi connectivity index (χ3n) is 2.72. The van der Waals surface area contributed by atoms with Crippen molar-refractivity contribution >= 4 is 16.0 Å². The number of esters is 1. The lowest BCUT2D eigenvalue weighted by Crippen LogP contribution is -2.42. The van der Waals surface area contributed by atoms with Gasteiger partial charge in [-0.1, -0.05) is 0 Å². The average molecular weight is 265 g/mol. The topological polar surface area (TPSA) is 72.9 Å². The molecule has 17 heavy (non-hydrogen) atoms. The van der Waals surface area contributed by atoms with Gasteiger partial charge in [0.05, 0.1) is 19.5 Å². The molecule has 100 valence electrons. The van der Waals surface area contributed by atoms with Crippen LogP contribution in [-0.4, -0.2) is 57.4 Å². The molecule has 0 spiro atoms. The highest BCUT2D eigenvalue weighted by Crippen LogP contribution is 2.22. The number of ether oxygens (including phenoxy) is 2. The Morgan fingerprint density at radius 2 is 2.18 bits per heavy atom. The van der Waals surface area contributed by atoms with Gasteiger partial charge >= 0.3 is 5.97 Å². The Bertz CT molecular complexity index is 354. The molecule has 0 aromatic carbocycles. The van der Waals surface area contributed by atoms with E-state index in [9.17, 15) is 13.2 Å². The summed E-state index contributed by atoms with van der Waals surface area (Å²) in [6.07, 6.45) is 1.22. The number of hydrogen-bond acceptors (Lipinski definition) is 5. The maximum absolute atomic E-state index is 12.0. The maximum Gasteiger partial charge on any atom is 0.324 e. The second-order valence-corrected chi connectivity index (χ2v) is 5.85. The van der Waals surface area contributed by atoms with Crippen LogP contribution in [0, 0.1) is 0 Å². The van der Waals surface area contributed by atoms with Gasteiger partial charge in [0.25, 0.3) is 0 Å². The third-order valence-corrected chi connectivity index (χ3v) is 4.56. The molecular formula is C10H19NO5S. The van der Waals surface area contributed by atoms with Crippen molar-refractivity contribution in [1.82, 2.24) is 4.31 Å². The van der Waals surface area contributed by atoms with E-state index in [4.69, 9.17) is 4.74 Å². The van der Waals surface area contributed by atoms with E-state index >= 15 is 0 Å². The van der Waals surface area contributed by atoms with E-state index in [0.717, 1.165) is 0 Å². The number of rotatable bonds is 6. The molecule has 1 unspecified atom stereocenters. The number of carbonyl (C=O) groups is 1. The highest BCUT2D eigenvalue weighted by molar-refractivity contribution is 7.89. The summed E-state index contributed by atoms with van der Waals surface area (Å²) in [6, 6.07) is -0.661. The van der Waals surface area contributed by atoms with Gasteiger partial charge in [0.2, 0.25) is 10.0 Å². The summed E-state index contributed by atoms with van der Waals surface area (Å²) >= 11 is 0. The van der Waals surface area contributed by atoms with Crippen LogP contribution in [-0.2, 0) is 24.3 Å². The van der Waals surface area contributed by atoms with Crippen LogP contribution in [0.25, 0.3) is 0 Å². The van der Waals surface area contributed by atoms with Crippen LogP contribution in [0.5, 0.6) is 0 Å². The number of nitrogens with zero attached hydrogens (tertiary/aromatic N) is 1. The molecule has 1 saturated heterocycles. The first-order valence-electron chi connectivity index (χ1n) is 5.68. The van der Waals surface area contributed by atoms with E-state index < -0.39 is 22.0 Å². The van der Waals surface area contributed by atoms with Crippen molar-refractivity contribution in [3.63, 3.8) is 0 Å². The zero-order valence-electron chi connectivity index (χ0n) is 10.2. The van der Waals surface area contributed by atoms with Gasteiger partial charge in [-0.15, -0.1) is 0 Å². The molecule has 0 N–H and O–H groups in total. The third kappa shape index (κ3) is 3.65. The Hall–Kier alpha value is -0.660. The summed E-state index contributed by atoms with van der Waals surface area (Å²) in [5.41, 5.74) is 0. The highest BCUT2D eigenvalue weighted by Gasteiger charge is 2.38. The van der Waals surface area contributed by atoms with Crippen molar-refractivity contribution in [3.8, 4) is 0 Å². The van der Waals surface area contributed by atoms with Crippen LogP contribution in [0.4, 0.5) is 0 Å². The molecule has 7 heteroatoms. The first-order chi connectivity index (χ1) is 8.03. The summed E-state index contributed by atoms with van der Waals surface area (Å²) in [5, 5.41) is 0. The van der Waals surface area contributed by atoms with Crippen LogP contribution in [0.3, 0.4) is 0 Å². The number of carbonyl (C=O) groups excluding carboxylic acids is 1. The Balaban J connectivity index is 2.66. The molecule has 0 amide bonds. The van der Waals surface area contributed by atoms with Crippen molar-refractivity contribution in [2.75, 3.05) is 32.6 Å². The van der Waals surface area contributed by atoms with Crippen LogP contribution in [0.1, 0.15) is 19.8 Å². The fraction of sp³-hybridized carbons (Fsp3) is 0.900. The van der Waals surface area contributed by atoms with Crippen molar-refractivity contribution in [2.24, 2.45) is 0 Å². The molecule has 1 rings (SSSR count). The van der Waals surface area contributed by atoms with Gasteiger partial charge < -0.3 is 9.47 Å². The van der Waals surface area contributed by atoms with E-state index in [1.807, 2.05) is 0 Å². The molecule has 1 fully saturated rings. The van der Waals surface area contributed by atoms with Crippen molar-refractivity contribution < 1.29 is 22.7 Å². The summed E-state index contributed by atoms with van der Waals surface area (Å²) in [4.78, 5) is 11.4. The smallest absolute Gasteiger partial charge is 0.324 e. The predicted octanol–water partition coefficient (Wildman–Crippen LogP) is -0.00990. The van der Waals surface area contributed by atoms with Gasteiger partial charge in [-0.2, -0.15) is 4.31 Å². The monoisotopic (exact) mass is 265 g/mol. The zero-order valence-corrected chi connectivity index (χ0v) is 11.0. The summed E-state index contributed by atoms with van der Waals surface area (Å²) in [6.45, 7) is 2.83. The van der Waals surface area contributed by atoms with Gasteiger partial charge in [-0.3, -0.25) is 4.79 Å². The zero-order chi connectivity index (χ0) is 12.9. The Labute approximate surface area is 102 Å². The summed E-state index contributed by atoms with van der Waals surface area (Å²) < 4.78 is 34.8. The van der Waals surface area contributed by atoms with Crippen molar-refractivity contribution in [3.05, 3.63) is 0 Å². The Morgan fingerprint density at radius 1 is 1.47 bits per heavy atom. The molecule has 1 heterocycles. The van der Waals surface area contributed by atoms with Crippen LogP contribution in [0.2, 0.25) is 0 Å². The fourth-order valence-corrected chi connectivity index (χ4v) is 3.42. The highest BCUT2D eigenvalue weighted by atomic mass is 32.2. The lowest BCUT2D eigenvalue weighted by molar-refractivity contribution is -0.144. The molecule has 0 bridgehead atoms. The first-order valence-corrected chi connectivity index (χ1v) is 7.29. The van der Waals surface area contributed by atoms with Gasteiger partial charge in [-0.05, 0) is 19.8 Å². The average Bonchev–Trinajstić information content (AvgIpc) is 2.78. The van der Waals surface area contributed by atoms with E-state index in [1.165, 1.54) is 11.4 Å². The molecule has 1 atom stereocenters. The molecular weight excluding hydrogens is 246 g/mol. The molecule has 0 aromatic rings. The molecule has 1 aliphatic rings. The van der Waals surface area contributed by atoms with Crippen LogP contribution in [0.15, 0.2) is 0 Å². The molecule has 6 nitrogen and oxygen atoms in total. The van der Waals surface area contributed by atoms with E-state index in [2.05, 4.69) is 4.74 Å². The second kappa shape index (κ2) is 6.32. The minimum Gasteiger partial charge on any atom is -0.468 e. The Morgan fingerprint density at radius 3 is 2.76 bits per heavy atom. The maximum atomic E-state index is 12.0. The standard InChI is InChI=1S/C10H19NO5S/c1-3-16-7-8-17(13,14)11-6-4-5-9(11)10(12)15-2/h9H,3-8H2,1-2H3. The Kier molecular flexibility index (Phi) is 5.35. The van der Waals surface area contributed by atoms with Crippen LogP contribution < -0.4 is 0 Å². The lowest BCUT2D eigenvalue weighted by Gasteiger charge is -2.21. The normalized spacial score (nSPS) is 21.6. The predicted molar refractivity (Wildman–Crippen MR) is 62.0 cm³/mol. The molecule has 0 saturated carbocycles. The summed E-state index contributed by atoms with van der Waals surface area (Å²) in [5.74, 6) is -0.573. The molecule has 0 aromatic heterocycles. The molecule has 1 aliphatic heterocycles. The van der Waals surface area contributed by atoms with E-state index in [0.29, 0.717) is 26.0 Å². The molecule has 0 radical (unpaired) electrons. The van der Waals surface area contributed by atoms with Gasteiger partial charge in [0, 0.05) is 13.2 Å².